The van der Waals surface area contributed by atoms with Crippen LogP contribution in [-0.2, 0) is 63.2 Å². The van der Waals surface area contributed by atoms with Crippen LogP contribution in [0.25, 0.3) is 238 Å². The predicted octanol–water partition coefficient (Wildman–Crippen LogP) is 32.3. The summed E-state index contributed by atoms with van der Waals surface area (Å²) in [6, 6.07) is 146. The van der Waals surface area contributed by atoms with Crippen LogP contribution in [0.1, 0.15) is 0 Å². The normalized spacial score (nSPS) is 11.4. The number of hydrogen-bond donors (Lipinski definition) is 3. The minimum absolute atomic E-state index is 0. The SMILES string of the molecule is Oc1cc2oc3ccccc3c2cc1Oc1nc2c(-c3[c-]c(-c4ccccn4)c4oc5ccccc5c4c3)cccc2n1-c1ccccc1.Oc1cc2oc3ccccc3c2cc1Oc1nc2c(-c3[c-]c(-c4ccccn4)cc(-c4ccccc4)c3)cccc2n1-c1ccccc1.Oc1cc2oc3ccccc3c2cc1Oc1nc2c(-c3[c-]c(-c4ccccn4)cc4c3oc3ccccc34)cccc2n1-c1ccccc1.[Pt].[Pt].[Pt]. The first-order valence-electron chi connectivity index (χ1n) is 47.4. The Bertz CT molecular complexity index is 10100. The Morgan fingerprint density at radius 2 is 0.537 bits per heavy atom. The van der Waals surface area contributed by atoms with Crippen LogP contribution in [-0.4, -0.2) is 58.9 Å². The van der Waals surface area contributed by atoms with Gasteiger partial charge in [-0.3, -0.25) is 28.7 Å². The zero-order valence-electron chi connectivity index (χ0n) is 78.1. The average molecular weight is 2480 g/mol. The summed E-state index contributed by atoms with van der Waals surface area (Å²) in [7, 11) is 0. The van der Waals surface area contributed by atoms with Gasteiger partial charge < -0.3 is 51.6 Å². The molecular formula is C126H74N9O11Pt3-3. The molecule has 29 aromatic rings. The van der Waals surface area contributed by atoms with Crippen molar-refractivity contribution in [2.24, 2.45) is 0 Å². The third-order valence-corrected chi connectivity index (χ3v) is 26.4. The van der Waals surface area contributed by atoms with Gasteiger partial charge in [0.25, 0.3) is 0 Å². The summed E-state index contributed by atoms with van der Waals surface area (Å²) in [6.45, 7) is 0. The third-order valence-electron chi connectivity index (χ3n) is 26.4. The molecule has 20 nitrogen and oxygen atoms in total. The Labute approximate surface area is 891 Å². The summed E-state index contributed by atoms with van der Waals surface area (Å²) < 4.78 is 56.3. The molecule has 0 aliphatic rings. The third kappa shape index (κ3) is 16.8. The van der Waals surface area contributed by atoms with Gasteiger partial charge in [-0.25, -0.2) is 15.0 Å². The second-order valence-corrected chi connectivity index (χ2v) is 35.3. The van der Waals surface area contributed by atoms with E-state index in [1.807, 2.05) is 341 Å². The van der Waals surface area contributed by atoms with E-state index >= 15 is 0 Å². The van der Waals surface area contributed by atoms with Crippen molar-refractivity contribution in [1.82, 2.24) is 43.6 Å². The molecule has 0 saturated carbocycles. The number of aromatic hydroxyl groups is 3. The fourth-order valence-electron chi connectivity index (χ4n) is 19.7. The van der Waals surface area contributed by atoms with E-state index in [4.69, 9.17) is 51.2 Å². The maximum absolute atomic E-state index is 11.1. The second-order valence-electron chi connectivity index (χ2n) is 35.3. The molecule has 0 spiro atoms. The fourth-order valence-corrected chi connectivity index (χ4v) is 19.7. The number of imidazole rings is 3. The van der Waals surface area contributed by atoms with Crippen molar-refractivity contribution in [3.05, 3.63) is 449 Å². The van der Waals surface area contributed by atoms with E-state index in [1.54, 1.807) is 48.9 Å². The summed E-state index contributed by atoms with van der Waals surface area (Å²) in [6.07, 6.45) is 5.35. The van der Waals surface area contributed by atoms with Crippen molar-refractivity contribution in [3.8, 4) is 148 Å². The molecule has 0 fully saturated rings. The van der Waals surface area contributed by atoms with Crippen LogP contribution in [0.3, 0.4) is 0 Å². The zero-order chi connectivity index (χ0) is 97.0. The number of benzene rings is 18. The van der Waals surface area contributed by atoms with Crippen molar-refractivity contribution in [3.63, 3.8) is 0 Å². The molecule has 0 unspecified atom stereocenters. The molecule has 18 aromatic carbocycles. The Kier molecular flexibility index (Phi) is 24.4. The van der Waals surface area contributed by atoms with E-state index in [1.165, 1.54) is 0 Å². The van der Waals surface area contributed by atoms with Crippen LogP contribution in [0.5, 0.6) is 52.5 Å². The van der Waals surface area contributed by atoms with Crippen LogP contribution in [0, 0.1) is 18.2 Å². The van der Waals surface area contributed by atoms with Gasteiger partial charge >= 0.3 is 18.0 Å². The Hall–Kier alpha value is -18.3. The molecule has 23 heteroatoms. The number of pyridine rings is 3. The molecule has 0 radical (unpaired) electrons. The summed E-state index contributed by atoms with van der Waals surface area (Å²) in [4.78, 5) is 29.3. The first-order chi connectivity index (χ1) is 72.1. The van der Waals surface area contributed by atoms with Crippen molar-refractivity contribution in [2.45, 2.75) is 0 Å². The molecule has 0 bridgehead atoms. The second kappa shape index (κ2) is 39.0. The summed E-state index contributed by atoms with van der Waals surface area (Å²) >= 11 is 0. The predicted molar refractivity (Wildman–Crippen MR) is 572 cm³/mol. The molecule has 11 aromatic heterocycles. The fraction of sp³-hybridized carbons (Fsp3) is 0. The minimum atomic E-state index is -0.0566. The van der Waals surface area contributed by atoms with Gasteiger partial charge in [0.15, 0.2) is 34.5 Å². The van der Waals surface area contributed by atoms with Gasteiger partial charge in [0.05, 0.1) is 61.3 Å². The Morgan fingerprint density at radius 3 is 0.933 bits per heavy atom. The molecule has 722 valence electrons. The molecule has 0 amide bonds. The molecule has 11 heterocycles. The van der Waals surface area contributed by atoms with E-state index in [-0.39, 0.29) is 104 Å². The van der Waals surface area contributed by atoms with Gasteiger partial charge in [0.2, 0.25) is 0 Å². The van der Waals surface area contributed by atoms with E-state index in [9.17, 15) is 15.3 Å². The Morgan fingerprint density at radius 1 is 0.228 bits per heavy atom. The number of para-hydroxylation sites is 11. The van der Waals surface area contributed by atoms with Gasteiger partial charge in [-0.15, -0.1) is 53.6 Å². The monoisotopic (exact) mass is 2470 g/mol. The standard InChI is InChI=1S/2C42H24N3O4.C42H26N3O3.3Pt/c46-35-24-38-30(28-13-4-6-18-36(28)47-38)23-39(35)49-42-44-40-27(15-10-17-34(40)45(42)26-11-2-1-3-12-26)25-21-31-29-14-5-7-19-37(29)48-41(31)32(22-25)33-16-8-9-20-43-33;46-35-24-38-30(27-13-4-6-18-36(27)47-38)23-39(35)49-42-44-40-29(15-10-17-34(40)45(42)26-11-2-1-3-12-26)32-22-25(33-16-8-9-20-43-33)21-31-28-14-5-7-19-37(28)48-41(31)32;46-37-26-39-34(33-16-7-8-20-38(33)47-39)25-40(37)48-42-44-41-32(17-11-19-36(41)45(42)31-14-5-2-6-15-31)29-22-28(27-12-3-1-4-13-27)23-30(24-29)35-18-9-10-21-43-35;;;/h2*1-21,23-24,46H;1-23,25-26,46H;;;/q3*-1;;;. The molecule has 29 rings (SSSR count). The number of phenolic OH excluding ortho intramolecular Hbond substituents is 3. The number of hydrogen-bond acceptors (Lipinski definition) is 17. The molecule has 0 saturated heterocycles. The number of fused-ring (bicyclic) bond motifs is 18. The first-order valence-corrected chi connectivity index (χ1v) is 47.4. The maximum Gasteiger partial charge on any atom is 0.307 e. The topological polar surface area (TPSA) is 246 Å². The summed E-state index contributed by atoms with van der Waals surface area (Å²) in [5, 5.41) is 42.6. The quantitative estimate of drug-likeness (QED) is 0.0761. The van der Waals surface area contributed by atoms with E-state index in [0.29, 0.717) is 45.4 Å². The van der Waals surface area contributed by atoms with Crippen LogP contribution in [0.2, 0.25) is 0 Å². The number of phenols is 3. The molecule has 0 aliphatic carbocycles. The first kappa shape index (κ1) is 93.1. The van der Waals surface area contributed by atoms with Gasteiger partial charge in [0.1, 0.15) is 44.7 Å². The van der Waals surface area contributed by atoms with E-state index in [0.717, 1.165) is 205 Å². The van der Waals surface area contributed by atoms with Crippen LogP contribution < -0.4 is 14.2 Å². The molecule has 0 atom stereocenters. The van der Waals surface area contributed by atoms with Crippen molar-refractivity contribution >= 4 is 143 Å². The number of nitrogens with zero attached hydrogens (tertiary/aromatic N) is 9. The van der Waals surface area contributed by atoms with E-state index in [2.05, 4.69) is 87.7 Å². The number of rotatable bonds is 16. The maximum atomic E-state index is 11.1. The van der Waals surface area contributed by atoms with Crippen molar-refractivity contribution in [1.29, 1.82) is 0 Å². The zero-order valence-corrected chi connectivity index (χ0v) is 84.9. The molecule has 0 aliphatic heterocycles. The van der Waals surface area contributed by atoms with Gasteiger partial charge in [-0.1, -0.05) is 293 Å². The van der Waals surface area contributed by atoms with Crippen LogP contribution in [0.4, 0.5) is 0 Å². The molecule has 3 N–H and O–H groups in total. The van der Waals surface area contributed by atoms with Crippen molar-refractivity contribution in [2.75, 3.05) is 0 Å². The van der Waals surface area contributed by atoms with Crippen LogP contribution in [0.15, 0.2) is 453 Å². The largest absolute Gasteiger partial charge is 0.504 e. The average Bonchev–Trinajstić information content (AvgIpc) is 1.59. The smallest absolute Gasteiger partial charge is 0.307 e. The van der Waals surface area contributed by atoms with Gasteiger partial charge in [0, 0.05) is 160 Å². The van der Waals surface area contributed by atoms with Crippen LogP contribution >= 0.6 is 0 Å². The van der Waals surface area contributed by atoms with Crippen molar-refractivity contribution < 1.29 is 115 Å². The van der Waals surface area contributed by atoms with Gasteiger partial charge in [-0.05, 0) is 138 Å². The number of aromatic nitrogens is 9. The minimum Gasteiger partial charge on any atom is -0.504 e. The molecular weight excluding hydrogens is 2400 g/mol. The summed E-state index contributed by atoms with van der Waals surface area (Å²) in [5.74, 6) is 0.651. The molecule has 149 heavy (non-hydrogen) atoms. The summed E-state index contributed by atoms with van der Waals surface area (Å²) in [5.41, 5.74) is 26.3. The Balaban J connectivity index is 0.000000118. The number of furan rings is 5. The number of ether oxygens (including phenoxy) is 3. The van der Waals surface area contributed by atoms with E-state index < -0.39 is 0 Å². The van der Waals surface area contributed by atoms with Gasteiger partial charge in [-0.2, -0.15) is 0 Å².